The van der Waals surface area contributed by atoms with E-state index in [2.05, 4.69) is 17.0 Å². The highest BCUT2D eigenvalue weighted by Gasteiger charge is 2.20. The number of rotatable bonds is 11. The number of hydrogen-bond acceptors (Lipinski definition) is 4. The molecule has 1 unspecified atom stereocenters. The Kier molecular flexibility index (Phi) is 9.60. The highest BCUT2D eigenvalue weighted by Crippen LogP contribution is 2.05. The molecule has 0 radical (unpaired) electrons. The zero-order valence-electron chi connectivity index (χ0n) is 13.1. The lowest BCUT2D eigenvalue weighted by atomic mass is 10.1. The summed E-state index contributed by atoms with van der Waals surface area (Å²) in [5.74, 6) is 0.482. The van der Waals surface area contributed by atoms with Crippen LogP contribution in [-0.4, -0.2) is 58.8 Å². The lowest BCUT2D eigenvalue weighted by Crippen LogP contribution is -2.45. The third kappa shape index (κ3) is 10.3. The topological polar surface area (TPSA) is 61.4 Å². The molecule has 5 nitrogen and oxygen atoms in total. The smallest absolute Gasteiger partial charge is 0.211 e. The van der Waals surface area contributed by atoms with Crippen LogP contribution >= 0.6 is 0 Å². The highest BCUT2D eigenvalue weighted by atomic mass is 32.2. The Morgan fingerprint density at radius 2 is 1.79 bits per heavy atom. The normalized spacial score (nSPS) is 14.3. The molecule has 0 aliphatic heterocycles. The lowest BCUT2D eigenvalue weighted by Gasteiger charge is -2.25. The monoisotopic (exact) mass is 293 g/mol. The van der Waals surface area contributed by atoms with Crippen LogP contribution in [0.15, 0.2) is 0 Å². The maximum Gasteiger partial charge on any atom is 0.211 e. The van der Waals surface area contributed by atoms with Crippen molar-refractivity contribution in [3.63, 3.8) is 0 Å². The lowest BCUT2D eigenvalue weighted by molar-refractivity contribution is 0.314. The van der Waals surface area contributed by atoms with Gasteiger partial charge in [-0.3, -0.25) is 0 Å². The largest absolute Gasteiger partial charge is 0.317 e. The van der Waals surface area contributed by atoms with Crippen LogP contribution in [0.4, 0.5) is 0 Å². The predicted octanol–water partition coefficient (Wildman–Crippen LogP) is 0.882. The maximum absolute atomic E-state index is 12.0. The maximum atomic E-state index is 12.0. The van der Waals surface area contributed by atoms with Crippen molar-refractivity contribution in [2.45, 2.75) is 39.7 Å². The van der Waals surface area contributed by atoms with Crippen molar-refractivity contribution < 1.29 is 8.42 Å². The van der Waals surface area contributed by atoms with Crippen LogP contribution in [0.5, 0.6) is 0 Å². The zero-order chi connectivity index (χ0) is 14.9. The average molecular weight is 293 g/mol. The summed E-state index contributed by atoms with van der Waals surface area (Å²) >= 11 is 0. The summed E-state index contributed by atoms with van der Waals surface area (Å²) in [4.78, 5) is 2.01. The first-order chi connectivity index (χ1) is 8.78. The number of nitrogens with zero attached hydrogens (tertiary/aromatic N) is 1. The van der Waals surface area contributed by atoms with E-state index in [1.165, 1.54) is 0 Å². The van der Waals surface area contributed by atoms with E-state index < -0.39 is 10.0 Å². The molecule has 0 bridgehead atoms. The second kappa shape index (κ2) is 9.69. The molecule has 0 aliphatic rings. The third-order valence-electron chi connectivity index (χ3n) is 2.89. The summed E-state index contributed by atoms with van der Waals surface area (Å²) in [6, 6.07) is -0.0244. The van der Waals surface area contributed by atoms with E-state index in [4.69, 9.17) is 0 Å². The van der Waals surface area contributed by atoms with Crippen molar-refractivity contribution in [2.75, 3.05) is 39.5 Å². The van der Waals surface area contributed by atoms with Gasteiger partial charge in [-0.25, -0.2) is 13.1 Å². The quantitative estimate of drug-likeness (QED) is 0.555. The van der Waals surface area contributed by atoms with Crippen LogP contribution in [-0.2, 0) is 10.0 Å². The Balaban J connectivity index is 4.16. The molecule has 19 heavy (non-hydrogen) atoms. The van der Waals surface area contributed by atoms with Gasteiger partial charge in [0.15, 0.2) is 0 Å². The minimum Gasteiger partial charge on any atom is -0.317 e. The van der Waals surface area contributed by atoms with Gasteiger partial charge in [0.1, 0.15) is 0 Å². The molecular weight excluding hydrogens is 262 g/mol. The fraction of sp³-hybridized carbons (Fsp3) is 1.00. The Labute approximate surface area is 119 Å². The summed E-state index contributed by atoms with van der Waals surface area (Å²) < 4.78 is 26.8. The zero-order valence-corrected chi connectivity index (χ0v) is 13.9. The molecule has 0 rings (SSSR count). The fourth-order valence-electron chi connectivity index (χ4n) is 1.76. The van der Waals surface area contributed by atoms with Crippen molar-refractivity contribution >= 4 is 10.0 Å². The van der Waals surface area contributed by atoms with E-state index in [1.54, 1.807) is 0 Å². The first kappa shape index (κ1) is 18.8. The summed E-state index contributed by atoms with van der Waals surface area (Å²) in [6.07, 6.45) is 1.73. The molecule has 0 aromatic carbocycles. The first-order valence-corrected chi connectivity index (χ1v) is 8.79. The number of sulfonamides is 1. The molecule has 1 atom stereocenters. The van der Waals surface area contributed by atoms with E-state index in [0.717, 1.165) is 26.1 Å². The molecule has 0 aromatic rings. The molecular formula is C13H31N3O2S. The minimum absolute atomic E-state index is 0.0244. The van der Waals surface area contributed by atoms with Crippen molar-refractivity contribution in [3.8, 4) is 0 Å². The average Bonchev–Trinajstić information content (AvgIpc) is 2.26. The van der Waals surface area contributed by atoms with Crippen LogP contribution in [0.2, 0.25) is 0 Å². The number of likely N-dealkylation sites (N-methyl/N-ethyl adjacent to an activating group) is 1. The Morgan fingerprint density at radius 1 is 1.16 bits per heavy atom. The van der Waals surface area contributed by atoms with Gasteiger partial charge in [0.25, 0.3) is 0 Å². The summed E-state index contributed by atoms with van der Waals surface area (Å²) in [5, 5.41) is 3.22. The van der Waals surface area contributed by atoms with E-state index in [-0.39, 0.29) is 17.7 Å². The van der Waals surface area contributed by atoms with Crippen LogP contribution in [0, 0.1) is 5.92 Å². The van der Waals surface area contributed by atoms with Crippen molar-refractivity contribution in [2.24, 2.45) is 5.92 Å². The molecule has 0 fully saturated rings. The Morgan fingerprint density at radius 3 is 2.26 bits per heavy atom. The highest BCUT2D eigenvalue weighted by molar-refractivity contribution is 7.89. The molecule has 0 amide bonds. The summed E-state index contributed by atoms with van der Waals surface area (Å²) in [5.41, 5.74) is 0. The standard InChI is InChI=1S/C13H31N3O2S/c1-6-8-14-9-7-10-19(17,18)15-13(12(2)3)11-16(4)5/h12-15H,6-11H2,1-5H3. The predicted molar refractivity (Wildman–Crippen MR) is 81.9 cm³/mol. The SMILES string of the molecule is CCCNCCCS(=O)(=O)NC(CN(C)C)C(C)C. The molecule has 0 spiro atoms. The van der Waals surface area contributed by atoms with Crippen LogP contribution < -0.4 is 10.0 Å². The summed E-state index contributed by atoms with van der Waals surface area (Å²) in [7, 11) is 0.738. The molecule has 0 heterocycles. The van der Waals surface area contributed by atoms with Gasteiger partial charge >= 0.3 is 0 Å². The molecule has 0 saturated heterocycles. The van der Waals surface area contributed by atoms with Crippen molar-refractivity contribution in [1.29, 1.82) is 0 Å². The molecule has 6 heteroatoms. The Hall–Kier alpha value is -0.170. The molecule has 116 valence electrons. The van der Waals surface area contributed by atoms with Gasteiger partial charge in [-0.15, -0.1) is 0 Å². The van der Waals surface area contributed by atoms with E-state index in [9.17, 15) is 8.42 Å². The van der Waals surface area contributed by atoms with Gasteiger partial charge in [0.2, 0.25) is 10.0 Å². The van der Waals surface area contributed by atoms with Gasteiger partial charge < -0.3 is 10.2 Å². The first-order valence-electron chi connectivity index (χ1n) is 7.14. The van der Waals surface area contributed by atoms with Crippen LogP contribution in [0.25, 0.3) is 0 Å². The third-order valence-corrected chi connectivity index (χ3v) is 4.38. The fourth-order valence-corrected chi connectivity index (χ4v) is 3.21. The minimum atomic E-state index is -3.18. The number of hydrogen-bond donors (Lipinski definition) is 2. The molecule has 0 aliphatic carbocycles. The second-order valence-corrected chi connectivity index (χ2v) is 7.53. The van der Waals surface area contributed by atoms with Crippen LogP contribution in [0.3, 0.4) is 0 Å². The van der Waals surface area contributed by atoms with E-state index in [0.29, 0.717) is 6.42 Å². The van der Waals surface area contributed by atoms with E-state index >= 15 is 0 Å². The van der Waals surface area contributed by atoms with Gasteiger partial charge in [0.05, 0.1) is 5.75 Å². The van der Waals surface area contributed by atoms with Gasteiger partial charge in [-0.05, 0) is 45.9 Å². The van der Waals surface area contributed by atoms with E-state index in [1.807, 2.05) is 32.8 Å². The molecule has 2 N–H and O–H groups in total. The van der Waals surface area contributed by atoms with Gasteiger partial charge in [-0.2, -0.15) is 0 Å². The van der Waals surface area contributed by atoms with Crippen molar-refractivity contribution in [3.05, 3.63) is 0 Å². The molecule has 0 saturated carbocycles. The summed E-state index contributed by atoms with van der Waals surface area (Å²) in [6.45, 7) is 8.61. The second-order valence-electron chi connectivity index (χ2n) is 5.65. The number of nitrogens with one attached hydrogen (secondary N) is 2. The van der Waals surface area contributed by atoms with Gasteiger partial charge in [0, 0.05) is 12.6 Å². The molecule has 0 aromatic heterocycles. The van der Waals surface area contributed by atoms with Crippen molar-refractivity contribution in [1.82, 2.24) is 14.9 Å². The van der Waals surface area contributed by atoms with Gasteiger partial charge in [-0.1, -0.05) is 20.8 Å². The van der Waals surface area contributed by atoms with Crippen LogP contribution in [0.1, 0.15) is 33.6 Å². The Bertz CT molecular complexity index is 316.